The standard InChI is InChI=1S/C25H40N2O2/c1-28-24-11-6-12-25(24)13-7-16-27(21-25)20-22-9-5-10-23(19-22)29-18-8-17-26-14-3-2-4-15-26/h5,9-10,19,24H,2-4,6-8,11-18,20-21H2,1H3/t24-,25-/m1/s1. The molecule has 162 valence electrons. The van der Waals surface area contributed by atoms with Crippen LogP contribution in [0.4, 0.5) is 0 Å². The molecule has 1 saturated carbocycles. The van der Waals surface area contributed by atoms with E-state index in [4.69, 9.17) is 9.47 Å². The lowest BCUT2D eigenvalue weighted by Gasteiger charge is -2.43. The largest absolute Gasteiger partial charge is 0.494 e. The smallest absolute Gasteiger partial charge is 0.119 e. The van der Waals surface area contributed by atoms with Crippen LogP contribution in [0.25, 0.3) is 0 Å². The Kier molecular flexibility index (Phi) is 7.49. The average molecular weight is 401 g/mol. The summed E-state index contributed by atoms with van der Waals surface area (Å²) < 4.78 is 12.0. The topological polar surface area (TPSA) is 24.9 Å². The van der Waals surface area contributed by atoms with Crippen LogP contribution in [-0.4, -0.2) is 62.3 Å². The molecular weight excluding hydrogens is 360 g/mol. The number of rotatable bonds is 8. The van der Waals surface area contributed by atoms with Crippen LogP contribution < -0.4 is 4.74 Å². The zero-order valence-corrected chi connectivity index (χ0v) is 18.4. The van der Waals surface area contributed by atoms with Crippen molar-refractivity contribution in [1.29, 1.82) is 0 Å². The average Bonchev–Trinajstić information content (AvgIpc) is 3.14. The molecular formula is C25H40N2O2. The van der Waals surface area contributed by atoms with E-state index in [1.165, 1.54) is 89.7 Å². The molecule has 2 heterocycles. The van der Waals surface area contributed by atoms with Gasteiger partial charge in [-0.1, -0.05) is 25.0 Å². The van der Waals surface area contributed by atoms with Crippen molar-refractivity contribution in [2.75, 3.05) is 46.4 Å². The van der Waals surface area contributed by atoms with Gasteiger partial charge in [-0.25, -0.2) is 0 Å². The summed E-state index contributed by atoms with van der Waals surface area (Å²) in [5.74, 6) is 1.03. The monoisotopic (exact) mass is 400 g/mol. The summed E-state index contributed by atoms with van der Waals surface area (Å²) in [6, 6.07) is 8.78. The number of hydrogen-bond acceptors (Lipinski definition) is 4. The van der Waals surface area contributed by atoms with E-state index in [0.29, 0.717) is 11.5 Å². The van der Waals surface area contributed by atoms with Gasteiger partial charge in [0.1, 0.15) is 5.75 Å². The van der Waals surface area contributed by atoms with E-state index < -0.39 is 0 Å². The fourth-order valence-corrected chi connectivity index (χ4v) is 5.99. The summed E-state index contributed by atoms with van der Waals surface area (Å²) in [5, 5.41) is 0. The van der Waals surface area contributed by atoms with Crippen LogP contribution in [0.5, 0.6) is 5.75 Å². The maximum atomic E-state index is 6.09. The van der Waals surface area contributed by atoms with Crippen LogP contribution in [0.2, 0.25) is 0 Å². The molecule has 29 heavy (non-hydrogen) atoms. The lowest BCUT2D eigenvalue weighted by molar-refractivity contribution is -0.0366. The van der Waals surface area contributed by atoms with E-state index in [1.807, 2.05) is 7.11 Å². The maximum Gasteiger partial charge on any atom is 0.119 e. The predicted octanol–water partition coefficient (Wildman–Crippen LogP) is 4.72. The highest BCUT2D eigenvalue weighted by molar-refractivity contribution is 5.28. The molecule has 4 rings (SSSR count). The van der Waals surface area contributed by atoms with Crippen molar-refractivity contribution in [2.24, 2.45) is 5.41 Å². The molecule has 0 N–H and O–H groups in total. The summed E-state index contributed by atoms with van der Waals surface area (Å²) in [5.41, 5.74) is 1.78. The summed E-state index contributed by atoms with van der Waals surface area (Å²) in [6.45, 7) is 7.97. The molecule has 0 aromatic heterocycles. The lowest BCUT2D eigenvalue weighted by Crippen LogP contribution is -2.47. The van der Waals surface area contributed by atoms with Crippen molar-refractivity contribution in [2.45, 2.75) is 70.4 Å². The van der Waals surface area contributed by atoms with Gasteiger partial charge in [-0.05, 0) is 82.3 Å². The third-order valence-corrected chi connectivity index (χ3v) is 7.44. The van der Waals surface area contributed by atoms with E-state index >= 15 is 0 Å². The highest BCUT2D eigenvalue weighted by Crippen LogP contribution is 2.46. The van der Waals surface area contributed by atoms with Gasteiger partial charge in [0.25, 0.3) is 0 Å². The zero-order valence-electron chi connectivity index (χ0n) is 18.4. The fraction of sp³-hybridized carbons (Fsp3) is 0.760. The molecule has 2 saturated heterocycles. The summed E-state index contributed by atoms with van der Waals surface area (Å²) in [4.78, 5) is 5.24. The first-order chi connectivity index (χ1) is 14.3. The first-order valence-corrected chi connectivity index (χ1v) is 12.0. The molecule has 3 fully saturated rings. The summed E-state index contributed by atoms with van der Waals surface area (Å²) >= 11 is 0. The van der Waals surface area contributed by atoms with Crippen molar-refractivity contribution < 1.29 is 9.47 Å². The summed E-state index contributed by atoms with van der Waals surface area (Å²) in [6.07, 6.45) is 12.3. The predicted molar refractivity (Wildman–Crippen MR) is 118 cm³/mol. The van der Waals surface area contributed by atoms with Crippen LogP contribution in [0.1, 0.15) is 63.4 Å². The van der Waals surface area contributed by atoms with Crippen LogP contribution >= 0.6 is 0 Å². The Morgan fingerprint density at radius 1 is 1.00 bits per heavy atom. The van der Waals surface area contributed by atoms with E-state index in [9.17, 15) is 0 Å². The second-order valence-electron chi connectivity index (χ2n) is 9.54. The molecule has 4 nitrogen and oxygen atoms in total. The second-order valence-corrected chi connectivity index (χ2v) is 9.54. The normalized spacial score (nSPS) is 28.8. The molecule has 4 heteroatoms. The minimum Gasteiger partial charge on any atom is -0.494 e. The molecule has 1 spiro atoms. The zero-order chi connectivity index (χ0) is 19.9. The third-order valence-electron chi connectivity index (χ3n) is 7.44. The van der Waals surface area contributed by atoms with Crippen LogP contribution in [0.15, 0.2) is 24.3 Å². The molecule has 1 aromatic rings. The number of piperidine rings is 2. The van der Waals surface area contributed by atoms with Crippen molar-refractivity contribution >= 4 is 0 Å². The number of ether oxygens (including phenoxy) is 2. The van der Waals surface area contributed by atoms with Gasteiger partial charge in [-0.3, -0.25) is 4.90 Å². The fourth-order valence-electron chi connectivity index (χ4n) is 5.99. The Morgan fingerprint density at radius 3 is 2.69 bits per heavy atom. The molecule has 2 aliphatic heterocycles. The number of benzene rings is 1. The molecule has 0 amide bonds. The number of nitrogens with zero attached hydrogens (tertiary/aromatic N) is 2. The number of hydrogen-bond donors (Lipinski definition) is 0. The Balaban J connectivity index is 1.25. The highest BCUT2D eigenvalue weighted by atomic mass is 16.5. The highest BCUT2D eigenvalue weighted by Gasteiger charge is 2.45. The van der Waals surface area contributed by atoms with E-state index in [1.54, 1.807) is 0 Å². The second kappa shape index (κ2) is 10.3. The van der Waals surface area contributed by atoms with Gasteiger partial charge in [0.05, 0.1) is 12.7 Å². The number of methoxy groups -OCH3 is 1. The minimum absolute atomic E-state index is 0.398. The molecule has 1 aromatic carbocycles. The number of likely N-dealkylation sites (tertiary alicyclic amines) is 2. The first-order valence-electron chi connectivity index (χ1n) is 12.0. The Hall–Kier alpha value is -1.10. The van der Waals surface area contributed by atoms with Gasteiger partial charge in [0.2, 0.25) is 0 Å². The SMILES string of the molecule is CO[C@@H]1CCC[C@]12CCCN(Cc1cccc(OCCCN3CCCCC3)c1)C2. The van der Waals surface area contributed by atoms with E-state index in [2.05, 4.69) is 34.1 Å². The van der Waals surface area contributed by atoms with Crippen LogP contribution in [0, 0.1) is 5.41 Å². The molecule has 1 aliphatic carbocycles. The van der Waals surface area contributed by atoms with Crippen LogP contribution in [0.3, 0.4) is 0 Å². The molecule has 0 radical (unpaired) electrons. The van der Waals surface area contributed by atoms with E-state index in [0.717, 1.165) is 25.3 Å². The molecule has 2 atom stereocenters. The van der Waals surface area contributed by atoms with Gasteiger partial charge in [0, 0.05) is 32.2 Å². The quantitative estimate of drug-likeness (QED) is 0.590. The van der Waals surface area contributed by atoms with Crippen LogP contribution in [-0.2, 0) is 11.3 Å². The van der Waals surface area contributed by atoms with Crippen molar-refractivity contribution in [1.82, 2.24) is 9.80 Å². The van der Waals surface area contributed by atoms with Crippen molar-refractivity contribution in [3.8, 4) is 5.75 Å². The molecule has 0 bridgehead atoms. The Morgan fingerprint density at radius 2 is 1.83 bits per heavy atom. The molecule has 3 aliphatic rings. The Bertz CT molecular complexity index is 631. The van der Waals surface area contributed by atoms with Gasteiger partial charge < -0.3 is 14.4 Å². The van der Waals surface area contributed by atoms with Gasteiger partial charge in [-0.15, -0.1) is 0 Å². The van der Waals surface area contributed by atoms with Crippen molar-refractivity contribution in [3.05, 3.63) is 29.8 Å². The lowest BCUT2D eigenvalue weighted by atomic mass is 9.76. The summed E-state index contributed by atoms with van der Waals surface area (Å²) in [7, 11) is 1.91. The Labute approximate surface area is 177 Å². The van der Waals surface area contributed by atoms with Gasteiger partial charge in [-0.2, -0.15) is 0 Å². The van der Waals surface area contributed by atoms with E-state index in [-0.39, 0.29) is 0 Å². The van der Waals surface area contributed by atoms with Gasteiger partial charge in [0.15, 0.2) is 0 Å². The third kappa shape index (κ3) is 5.53. The first kappa shape index (κ1) is 21.1. The van der Waals surface area contributed by atoms with Crippen molar-refractivity contribution in [3.63, 3.8) is 0 Å². The maximum absolute atomic E-state index is 6.09. The minimum atomic E-state index is 0.398. The van der Waals surface area contributed by atoms with Gasteiger partial charge >= 0.3 is 0 Å². The molecule has 0 unspecified atom stereocenters.